The molecule has 2 rings (SSSR count). The number of rotatable bonds is 4. The SMILES string of the molecule is CC(CCN)N(C)c1nccc2ccccc12. The fourth-order valence-corrected chi connectivity index (χ4v) is 2.03. The lowest BCUT2D eigenvalue weighted by Crippen LogP contribution is -2.31. The lowest BCUT2D eigenvalue weighted by Gasteiger charge is -2.26. The van der Waals surface area contributed by atoms with Crippen LogP contribution in [0.3, 0.4) is 0 Å². The molecule has 0 fully saturated rings. The number of anilines is 1. The highest BCUT2D eigenvalue weighted by atomic mass is 15.2. The van der Waals surface area contributed by atoms with Gasteiger partial charge in [-0.1, -0.05) is 24.3 Å². The summed E-state index contributed by atoms with van der Waals surface area (Å²) >= 11 is 0. The van der Waals surface area contributed by atoms with Crippen molar-refractivity contribution in [2.75, 3.05) is 18.5 Å². The van der Waals surface area contributed by atoms with E-state index in [0.717, 1.165) is 12.2 Å². The van der Waals surface area contributed by atoms with Crippen LogP contribution in [0, 0.1) is 0 Å². The van der Waals surface area contributed by atoms with E-state index in [4.69, 9.17) is 5.73 Å². The number of nitrogens with two attached hydrogens (primary N) is 1. The van der Waals surface area contributed by atoms with E-state index in [-0.39, 0.29) is 0 Å². The minimum atomic E-state index is 0.401. The molecule has 3 heteroatoms. The molecule has 0 radical (unpaired) electrons. The average molecular weight is 229 g/mol. The maximum atomic E-state index is 5.61. The molecule has 0 aliphatic carbocycles. The largest absolute Gasteiger partial charge is 0.356 e. The monoisotopic (exact) mass is 229 g/mol. The van der Waals surface area contributed by atoms with Gasteiger partial charge in [-0.3, -0.25) is 0 Å². The molecule has 0 saturated carbocycles. The summed E-state index contributed by atoms with van der Waals surface area (Å²) in [4.78, 5) is 6.70. The average Bonchev–Trinajstić information content (AvgIpc) is 2.37. The molecule has 0 aliphatic rings. The molecule has 0 amide bonds. The molecule has 1 unspecified atom stereocenters. The van der Waals surface area contributed by atoms with Crippen molar-refractivity contribution in [3.63, 3.8) is 0 Å². The second kappa shape index (κ2) is 5.15. The normalized spacial score (nSPS) is 12.6. The first-order valence-electron chi connectivity index (χ1n) is 6.00. The van der Waals surface area contributed by atoms with Crippen LogP contribution in [-0.4, -0.2) is 24.6 Å². The number of pyridine rings is 1. The zero-order valence-electron chi connectivity index (χ0n) is 10.4. The van der Waals surface area contributed by atoms with Gasteiger partial charge in [0.05, 0.1) is 0 Å². The summed E-state index contributed by atoms with van der Waals surface area (Å²) in [7, 11) is 2.08. The van der Waals surface area contributed by atoms with E-state index < -0.39 is 0 Å². The van der Waals surface area contributed by atoms with E-state index in [2.05, 4.69) is 48.1 Å². The van der Waals surface area contributed by atoms with Crippen molar-refractivity contribution < 1.29 is 0 Å². The molecule has 0 aliphatic heterocycles. The second-order valence-corrected chi connectivity index (χ2v) is 4.39. The quantitative estimate of drug-likeness (QED) is 0.875. The van der Waals surface area contributed by atoms with Gasteiger partial charge in [0.1, 0.15) is 5.82 Å². The molecule has 1 heterocycles. The number of hydrogen-bond acceptors (Lipinski definition) is 3. The molecule has 90 valence electrons. The summed E-state index contributed by atoms with van der Waals surface area (Å²) in [5.41, 5.74) is 5.61. The fourth-order valence-electron chi connectivity index (χ4n) is 2.03. The van der Waals surface area contributed by atoms with Crippen molar-refractivity contribution in [1.29, 1.82) is 0 Å². The zero-order valence-corrected chi connectivity index (χ0v) is 10.4. The van der Waals surface area contributed by atoms with E-state index in [1.54, 1.807) is 0 Å². The minimum Gasteiger partial charge on any atom is -0.356 e. The number of fused-ring (bicyclic) bond motifs is 1. The van der Waals surface area contributed by atoms with Gasteiger partial charge in [0.25, 0.3) is 0 Å². The Hall–Kier alpha value is -1.61. The smallest absolute Gasteiger partial charge is 0.136 e. The third kappa shape index (κ3) is 2.39. The molecule has 1 aromatic carbocycles. The molecule has 1 aromatic heterocycles. The zero-order chi connectivity index (χ0) is 12.3. The highest BCUT2D eigenvalue weighted by molar-refractivity contribution is 5.92. The van der Waals surface area contributed by atoms with Crippen molar-refractivity contribution in [3.8, 4) is 0 Å². The minimum absolute atomic E-state index is 0.401. The van der Waals surface area contributed by atoms with Crippen LogP contribution >= 0.6 is 0 Å². The highest BCUT2D eigenvalue weighted by Gasteiger charge is 2.12. The van der Waals surface area contributed by atoms with Gasteiger partial charge < -0.3 is 10.6 Å². The Kier molecular flexibility index (Phi) is 3.59. The molecular formula is C14H19N3. The Morgan fingerprint density at radius 2 is 2.06 bits per heavy atom. The summed E-state index contributed by atoms with van der Waals surface area (Å²) in [6, 6.07) is 10.8. The van der Waals surface area contributed by atoms with Crippen LogP contribution in [0.5, 0.6) is 0 Å². The van der Waals surface area contributed by atoms with Crippen molar-refractivity contribution >= 4 is 16.6 Å². The second-order valence-electron chi connectivity index (χ2n) is 4.39. The van der Waals surface area contributed by atoms with Gasteiger partial charge in [-0.2, -0.15) is 0 Å². The van der Waals surface area contributed by atoms with Crippen LogP contribution in [0.4, 0.5) is 5.82 Å². The van der Waals surface area contributed by atoms with Gasteiger partial charge in [-0.05, 0) is 31.3 Å². The van der Waals surface area contributed by atoms with Crippen molar-refractivity contribution in [3.05, 3.63) is 36.5 Å². The van der Waals surface area contributed by atoms with Crippen LogP contribution in [0.2, 0.25) is 0 Å². The topological polar surface area (TPSA) is 42.1 Å². The summed E-state index contributed by atoms with van der Waals surface area (Å²) in [5.74, 6) is 1.03. The highest BCUT2D eigenvalue weighted by Crippen LogP contribution is 2.24. The summed E-state index contributed by atoms with van der Waals surface area (Å²) in [6.07, 6.45) is 2.84. The van der Waals surface area contributed by atoms with Crippen LogP contribution in [0.15, 0.2) is 36.5 Å². The van der Waals surface area contributed by atoms with E-state index in [9.17, 15) is 0 Å². The molecule has 1 atom stereocenters. The van der Waals surface area contributed by atoms with Crippen molar-refractivity contribution in [2.24, 2.45) is 5.73 Å². The van der Waals surface area contributed by atoms with Crippen LogP contribution in [0.1, 0.15) is 13.3 Å². The van der Waals surface area contributed by atoms with Gasteiger partial charge >= 0.3 is 0 Å². The molecule has 2 aromatic rings. The molecule has 17 heavy (non-hydrogen) atoms. The summed E-state index contributed by atoms with van der Waals surface area (Å²) in [5, 5.41) is 2.42. The number of aromatic nitrogens is 1. The lowest BCUT2D eigenvalue weighted by molar-refractivity contribution is 0.631. The lowest BCUT2D eigenvalue weighted by atomic mass is 10.1. The van der Waals surface area contributed by atoms with E-state index in [0.29, 0.717) is 12.6 Å². The van der Waals surface area contributed by atoms with Crippen molar-refractivity contribution in [1.82, 2.24) is 4.98 Å². The van der Waals surface area contributed by atoms with E-state index in [1.807, 2.05) is 12.3 Å². The van der Waals surface area contributed by atoms with Gasteiger partial charge in [-0.15, -0.1) is 0 Å². The maximum Gasteiger partial charge on any atom is 0.136 e. The van der Waals surface area contributed by atoms with Gasteiger partial charge in [0.15, 0.2) is 0 Å². The van der Waals surface area contributed by atoms with Crippen LogP contribution in [0.25, 0.3) is 10.8 Å². The number of benzene rings is 1. The number of nitrogens with zero attached hydrogens (tertiary/aromatic N) is 2. The fraction of sp³-hybridized carbons (Fsp3) is 0.357. The Morgan fingerprint density at radius 1 is 1.29 bits per heavy atom. The van der Waals surface area contributed by atoms with E-state index >= 15 is 0 Å². The van der Waals surface area contributed by atoms with Gasteiger partial charge in [0, 0.05) is 24.7 Å². The number of hydrogen-bond donors (Lipinski definition) is 1. The summed E-state index contributed by atoms with van der Waals surface area (Å²) in [6.45, 7) is 2.88. The first kappa shape index (κ1) is 11.9. The Bertz CT molecular complexity index is 490. The first-order chi connectivity index (χ1) is 8.24. The predicted molar refractivity (Wildman–Crippen MR) is 73.3 cm³/mol. The molecule has 0 bridgehead atoms. The van der Waals surface area contributed by atoms with Gasteiger partial charge in [-0.25, -0.2) is 4.98 Å². The molecular weight excluding hydrogens is 210 g/mol. The predicted octanol–water partition coefficient (Wildman–Crippen LogP) is 2.41. The third-order valence-corrected chi connectivity index (χ3v) is 3.23. The standard InChI is InChI=1S/C14H19N3/c1-11(7-9-15)17(2)14-13-6-4-3-5-12(13)8-10-16-14/h3-6,8,10-11H,7,9,15H2,1-2H3. The molecule has 2 N–H and O–H groups in total. The molecule has 0 saturated heterocycles. The molecule has 3 nitrogen and oxygen atoms in total. The van der Waals surface area contributed by atoms with Gasteiger partial charge in [0.2, 0.25) is 0 Å². The first-order valence-corrected chi connectivity index (χ1v) is 6.00. The van der Waals surface area contributed by atoms with Crippen molar-refractivity contribution in [2.45, 2.75) is 19.4 Å². The maximum absolute atomic E-state index is 5.61. The van der Waals surface area contributed by atoms with Crippen LogP contribution < -0.4 is 10.6 Å². The van der Waals surface area contributed by atoms with E-state index in [1.165, 1.54) is 10.8 Å². The molecule has 0 spiro atoms. The third-order valence-electron chi connectivity index (χ3n) is 3.23. The van der Waals surface area contributed by atoms with Crippen LogP contribution in [-0.2, 0) is 0 Å². The summed E-state index contributed by atoms with van der Waals surface area (Å²) < 4.78 is 0. The Balaban J connectivity index is 2.41. The Labute approximate surface area is 102 Å². The Morgan fingerprint density at radius 3 is 2.82 bits per heavy atom.